The molecule has 1 heterocycles. The molecule has 2 N–H and O–H groups in total. The van der Waals surface area contributed by atoms with E-state index in [1.54, 1.807) is 13.3 Å². The van der Waals surface area contributed by atoms with Gasteiger partial charge >= 0.3 is 0 Å². The summed E-state index contributed by atoms with van der Waals surface area (Å²) in [6.07, 6.45) is 3.90. The summed E-state index contributed by atoms with van der Waals surface area (Å²) in [6.45, 7) is 7.93. The third-order valence-corrected chi connectivity index (χ3v) is 4.43. The minimum Gasteiger partial charge on any atom is -0.397 e. The third-order valence-electron chi connectivity index (χ3n) is 3.48. The van der Waals surface area contributed by atoms with E-state index in [9.17, 15) is 0 Å². The van der Waals surface area contributed by atoms with Crippen molar-refractivity contribution in [1.82, 2.24) is 4.98 Å². The van der Waals surface area contributed by atoms with E-state index in [1.807, 2.05) is 6.92 Å². The summed E-state index contributed by atoms with van der Waals surface area (Å²) >= 11 is 3.63. The van der Waals surface area contributed by atoms with E-state index in [0.29, 0.717) is 18.3 Å². The number of halogens is 1. The number of hydrogen-bond acceptors (Lipinski definition) is 4. The monoisotopic (exact) mass is 329 g/mol. The van der Waals surface area contributed by atoms with Gasteiger partial charge in [-0.2, -0.15) is 0 Å². The Morgan fingerprint density at radius 3 is 2.58 bits per heavy atom. The van der Waals surface area contributed by atoms with E-state index in [0.717, 1.165) is 35.2 Å². The van der Waals surface area contributed by atoms with Gasteiger partial charge in [-0.3, -0.25) is 0 Å². The van der Waals surface area contributed by atoms with Gasteiger partial charge in [-0.15, -0.1) is 0 Å². The van der Waals surface area contributed by atoms with Crippen LogP contribution >= 0.6 is 15.9 Å². The number of nitrogens with zero attached hydrogens (tertiary/aromatic N) is 2. The highest BCUT2D eigenvalue weighted by Crippen LogP contribution is 2.32. The standard InChI is InChI=1S/C14H24BrN3O/c1-5-11(6-2)18(7-8-19-4)14-13(15)10(3)12(16)9-17-14/h9,11H,5-8,16H2,1-4H3. The van der Waals surface area contributed by atoms with Crippen molar-refractivity contribution < 1.29 is 4.74 Å². The summed E-state index contributed by atoms with van der Waals surface area (Å²) in [5.41, 5.74) is 7.65. The molecular formula is C14H24BrN3O. The largest absolute Gasteiger partial charge is 0.397 e. The van der Waals surface area contributed by atoms with E-state index in [-0.39, 0.29) is 0 Å². The zero-order valence-electron chi connectivity index (χ0n) is 12.2. The Hall–Kier alpha value is -0.810. The SMILES string of the molecule is CCC(CC)N(CCOC)c1ncc(N)c(C)c1Br. The summed E-state index contributed by atoms with van der Waals surface area (Å²) in [5.74, 6) is 0.956. The molecule has 0 unspecified atom stereocenters. The van der Waals surface area contributed by atoms with Crippen molar-refractivity contribution in [2.45, 2.75) is 39.7 Å². The summed E-state index contributed by atoms with van der Waals surface area (Å²) in [7, 11) is 1.72. The summed E-state index contributed by atoms with van der Waals surface area (Å²) in [6, 6.07) is 0.460. The van der Waals surface area contributed by atoms with Crippen LogP contribution < -0.4 is 10.6 Å². The van der Waals surface area contributed by atoms with E-state index in [1.165, 1.54) is 0 Å². The molecule has 1 rings (SSSR count). The fourth-order valence-electron chi connectivity index (χ4n) is 2.16. The van der Waals surface area contributed by atoms with Crippen molar-refractivity contribution in [3.63, 3.8) is 0 Å². The van der Waals surface area contributed by atoms with Gasteiger partial charge in [0.25, 0.3) is 0 Å². The first-order valence-electron chi connectivity index (χ1n) is 6.72. The number of methoxy groups -OCH3 is 1. The van der Waals surface area contributed by atoms with Crippen LogP contribution in [0.15, 0.2) is 10.7 Å². The maximum atomic E-state index is 5.90. The number of pyridine rings is 1. The van der Waals surface area contributed by atoms with Gasteiger partial charge in [-0.1, -0.05) is 13.8 Å². The predicted molar refractivity (Wildman–Crippen MR) is 84.7 cm³/mol. The van der Waals surface area contributed by atoms with Gasteiger partial charge in [0.1, 0.15) is 5.82 Å². The van der Waals surface area contributed by atoms with Crippen molar-refractivity contribution in [1.29, 1.82) is 0 Å². The lowest BCUT2D eigenvalue weighted by Gasteiger charge is -2.32. The first-order chi connectivity index (χ1) is 9.06. The number of hydrogen-bond donors (Lipinski definition) is 1. The van der Waals surface area contributed by atoms with Crippen LogP contribution in [0.2, 0.25) is 0 Å². The van der Waals surface area contributed by atoms with Crippen LogP contribution in [0, 0.1) is 6.92 Å². The van der Waals surface area contributed by atoms with E-state index in [2.05, 4.69) is 39.7 Å². The maximum Gasteiger partial charge on any atom is 0.143 e. The Balaban J connectivity index is 3.13. The second kappa shape index (κ2) is 7.70. The molecule has 0 aliphatic carbocycles. The molecule has 0 fully saturated rings. The number of anilines is 2. The Bertz CT molecular complexity index is 408. The van der Waals surface area contributed by atoms with Crippen LogP contribution in [-0.2, 0) is 4.74 Å². The predicted octanol–water partition coefficient (Wildman–Crippen LogP) is 3.38. The topological polar surface area (TPSA) is 51.4 Å². The smallest absolute Gasteiger partial charge is 0.143 e. The van der Waals surface area contributed by atoms with Gasteiger partial charge in [0.2, 0.25) is 0 Å². The normalized spacial score (nSPS) is 11.1. The molecule has 0 aliphatic heterocycles. The molecule has 4 nitrogen and oxygen atoms in total. The first kappa shape index (κ1) is 16.2. The van der Waals surface area contributed by atoms with Gasteiger partial charge in [0.05, 0.1) is 23.0 Å². The van der Waals surface area contributed by atoms with Crippen LogP contribution in [-0.4, -0.2) is 31.3 Å². The maximum absolute atomic E-state index is 5.90. The van der Waals surface area contributed by atoms with E-state index < -0.39 is 0 Å². The highest BCUT2D eigenvalue weighted by atomic mass is 79.9. The molecule has 19 heavy (non-hydrogen) atoms. The van der Waals surface area contributed by atoms with Crippen LogP contribution in [0.3, 0.4) is 0 Å². The van der Waals surface area contributed by atoms with E-state index in [4.69, 9.17) is 10.5 Å². The van der Waals surface area contributed by atoms with Crippen LogP contribution in [0.25, 0.3) is 0 Å². The van der Waals surface area contributed by atoms with Crippen LogP contribution in [0.1, 0.15) is 32.3 Å². The molecule has 108 valence electrons. The van der Waals surface area contributed by atoms with Gasteiger partial charge < -0.3 is 15.4 Å². The molecule has 1 aromatic heterocycles. The molecule has 0 bridgehead atoms. The summed E-state index contributed by atoms with van der Waals surface area (Å²) in [4.78, 5) is 6.81. The number of rotatable bonds is 7. The third kappa shape index (κ3) is 3.83. The Labute approximate surface area is 124 Å². The average Bonchev–Trinajstić information content (AvgIpc) is 2.42. The number of nitrogens with two attached hydrogens (primary N) is 1. The highest BCUT2D eigenvalue weighted by Gasteiger charge is 2.20. The lowest BCUT2D eigenvalue weighted by atomic mass is 10.1. The molecule has 0 radical (unpaired) electrons. The molecule has 0 saturated carbocycles. The minimum absolute atomic E-state index is 0.460. The van der Waals surface area contributed by atoms with Crippen LogP contribution in [0.4, 0.5) is 11.5 Å². The molecule has 0 amide bonds. The summed E-state index contributed by atoms with van der Waals surface area (Å²) in [5, 5.41) is 0. The van der Waals surface area contributed by atoms with Crippen molar-refractivity contribution in [3.8, 4) is 0 Å². The summed E-state index contributed by atoms with van der Waals surface area (Å²) < 4.78 is 6.20. The fourth-order valence-corrected chi connectivity index (χ4v) is 2.72. The Morgan fingerprint density at radius 1 is 1.42 bits per heavy atom. The molecule has 5 heteroatoms. The molecule has 0 aromatic carbocycles. The quantitative estimate of drug-likeness (QED) is 0.833. The Morgan fingerprint density at radius 2 is 2.05 bits per heavy atom. The lowest BCUT2D eigenvalue weighted by Crippen LogP contribution is -2.38. The second-order valence-corrected chi connectivity index (χ2v) is 5.43. The van der Waals surface area contributed by atoms with Crippen LogP contribution in [0.5, 0.6) is 0 Å². The first-order valence-corrected chi connectivity index (χ1v) is 7.52. The second-order valence-electron chi connectivity index (χ2n) is 4.63. The van der Waals surface area contributed by atoms with Crippen molar-refractivity contribution in [3.05, 3.63) is 16.2 Å². The van der Waals surface area contributed by atoms with Gasteiger partial charge in [-0.25, -0.2) is 4.98 Å². The molecular weight excluding hydrogens is 306 g/mol. The van der Waals surface area contributed by atoms with Crippen molar-refractivity contribution in [2.24, 2.45) is 0 Å². The average molecular weight is 330 g/mol. The highest BCUT2D eigenvalue weighted by molar-refractivity contribution is 9.10. The fraction of sp³-hybridized carbons (Fsp3) is 0.643. The zero-order valence-corrected chi connectivity index (χ0v) is 13.8. The molecule has 1 aromatic rings. The molecule has 0 spiro atoms. The van der Waals surface area contributed by atoms with Crippen molar-refractivity contribution in [2.75, 3.05) is 30.9 Å². The number of nitrogen functional groups attached to an aromatic ring is 1. The zero-order chi connectivity index (χ0) is 14.4. The molecule has 0 aliphatic rings. The minimum atomic E-state index is 0.460. The number of aromatic nitrogens is 1. The molecule has 0 atom stereocenters. The van der Waals surface area contributed by atoms with E-state index >= 15 is 0 Å². The van der Waals surface area contributed by atoms with Gasteiger partial charge in [0.15, 0.2) is 0 Å². The molecule has 0 saturated heterocycles. The van der Waals surface area contributed by atoms with Gasteiger partial charge in [-0.05, 0) is 41.3 Å². The lowest BCUT2D eigenvalue weighted by molar-refractivity contribution is 0.202. The van der Waals surface area contributed by atoms with Gasteiger partial charge in [0, 0.05) is 19.7 Å². The number of ether oxygens (including phenoxy) is 1. The Kier molecular flexibility index (Phi) is 6.58. The van der Waals surface area contributed by atoms with Crippen molar-refractivity contribution >= 4 is 27.4 Å².